The molecule has 0 aliphatic carbocycles. The zero-order valence-electron chi connectivity index (χ0n) is 14.5. The van der Waals surface area contributed by atoms with E-state index in [1.54, 1.807) is 13.0 Å². The van der Waals surface area contributed by atoms with Crippen LogP contribution in [0.15, 0.2) is 28.7 Å². The minimum atomic E-state index is -3.79. The Hall–Kier alpha value is -2.74. The molecule has 0 saturated carbocycles. The average molecular weight is 391 g/mol. The summed E-state index contributed by atoms with van der Waals surface area (Å²) in [5.74, 6) is -1.59. The van der Waals surface area contributed by atoms with Crippen LogP contribution in [0.25, 0.3) is 5.57 Å². The molecule has 0 radical (unpaired) electrons. The van der Waals surface area contributed by atoms with Gasteiger partial charge in [-0.3, -0.25) is 4.79 Å². The highest BCUT2D eigenvalue weighted by Crippen LogP contribution is 2.36. The third kappa shape index (κ3) is 3.44. The standard InChI is InChI=1S/C17H17N3O6S/c1-2-26-17(22)13(10-18)15-12-9-11(3-4-14(12)19-16(15)21)27(23,24)20-5-7-25-8-6-20/h3-4,9H,2,5-8H2,1H3,(H,19,21)/b15-13+. The molecule has 1 N–H and O–H groups in total. The van der Waals surface area contributed by atoms with E-state index >= 15 is 0 Å². The van der Waals surface area contributed by atoms with Crippen LogP contribution in [-0.2, 0) is 29.1 Å². The van der Waals surface area contributed by atoms with Crippen LogP contribution in [0.2, 0.25) is 0 Å². The number of anilines is 1. The van der Waals surface area contributed by atoms with Crippen LogP contribution in [0.3, 0.4) is 0 Å². The van der Waals surface area contributed by atoms with Gasteiger partial charge >= 0.3 is 5.97 Å². The first kappa shape index (κ1) is 19.0. The van der Waals surface area contributed by atoms with E-state index in [4.69, 9.17) is 9.47 Å². The van der Waals surface area contributed by atoms with E-state index in [0.29, 0.717) is 18.9 Å². The average Bonchev–Trinajstić information content (AvgIpc) is 2.99. The van der Waals surface area contributed by atoms with Crippen LogP contribution in [0.4, 0.5) is 5.69 Å². The molecular formula is C17H17N3O6S. The first-order valence-corrected chi connectivity index (χ1v) is 9.69. The number of amides is 1. The maximum Gasteiger partial charge on any atom is 0.349 e. The van der Waals surface area contributed by atoms with Crippen molar-refractivity contribution in [1.29, 1.82) is 5.26 Å². The zero-order valence-corrected chi connectivity index (χ0v) is 15.3. The Labute approximate surface area is 156 Å². The van der Waals surface area contributed by atoms with Gasteiger partial charge < -0.3 is 14.8 Å². The molecule has 1 amide bonds. The van der Waals surface area contributed by atoms with E-state index in [0.717, 1.165) is 0 Å². The minimum absolute atomic E-state index is 0.0294. The van der Waals surface area contributed by atoms with Crippen LogP contribution in [0, 0.1) is 11.3 Å². The summed E-state index contributed by atoms with van der Waals surface area (Å²) >= 11 is 0. The molecule has 3 rings (SSSR count). The number of carbonyl (C=O) groups excluding carboxylic acids is 2. The summed E-state index contributed by atoms with van der Waals surface area (Å²) in [6.45, 7) is 2.68. The van der Waals surface area contributed by atoms with Gasteiger partial charge in [0, 0.05) is 24.3 Å². The van der Waals surface area contributed by atoms with E-state index in [1.807, 2.05) is 0 Å². The Bertz CT molecular complexity index is 971. The predicted molar refractivity (Wildman–Crippen MR) is 93.8 cm³/mol. The summed E-state index contributed by atoms with van der Waals surface area (Å²) in [7, 11) is -3.79. The van der Waals surface area contributed by atoms with Gasteiger partial charge in [-0.2, -0.15) is 9.57 Å². The van der Waals surface area contributed by atoms with Crippen LogP contribution < -0.4 is 5.32 Å². The maximum atomic E-state index is 12.8. The van der Waals surface area contributed by atoms with E-state index in [2.05, 4.69) is 5.32 Å². The fourth-order valence-electron chi connectivity index (χ4n) is 2.90. The first-order chi connectivity index (χ1) is 12.9. The lowest BCUT2D eigenvalue weighted by atomic mass is 10.0. The molecule has 0 spiro atoms. The molecule has 10 heteroatoms. The first-order valence-electron chi connectivity index (χ1n) is 8.25. The second kappa shape index (κ2) is 7.48. The Morgan fingerprint density at radius 3 is 2.70 bits per heavy atom. The lowest BCUT2D eigenvalue weighted by Gasteiger charge is -2.26. The molecule has 142 valence electrons. The molecule has 0 aromatic heterocycles. The van der Waals surface area contributed by atoms with Crippen LogP contribution in [0.1, 0.15) is 12.5 Å². The molecule has 9 nitrogen and oxygen atoms in total. The van der Waals surface area contributed by atoms with Crippen molar-refractivity contribution in [1.82, 2.24) is 4.31 Å². The lowest BCUT2D eigenvalue weighted by Crippen LogP contribution is -2.40. The number of benzene rings is 1. The van der Waals surface area contributed by atoms with E-state index in [1.165, 1.54) is 22.5 Å². The summed E-state index contributed by atoms with van der Waals surface area (Å²) in [5, 5.41) is 11.9. The Morgan fingerprint density at radius 2 is 2.07 bits per heavy atom. The third-order valence-corrected chi connectivity index (χ3v) is 6.08. The number of rotatable bonds is 4. The van der Waals surface area contributed by atoms with E-state index in [-0.39, 0.29) is 35.7 Å². The number of nitriles is 1. The number of nitrogens with zero attached hydrogens (tertiary/aromatic N) is 2. The molecule has 1 saturated heterocycles. The molecule has 2 aliphatic rings. The van der Waals surface area contributed by atoms with Crippen molar-refractivity contribution < 1.29 is 27.5 Å². The van der Waals surface area contributed by atoms with Crippen LogP contribution in [-0.4, -0.2) is 57.5 Å². The van der Waals surface area contributed by atoms with Crippen molar-refractivity contribution in [2.24, 2.45) is 0 Å². The van der Waals surface area contributed by atoms with Crippen molar-refractivity contribution in [2.75, 3.05) is 38.2 Å². The maximum absolute atomic E-state index is 12.8. The second-order valence-electron chi connectivity index (χ2n) is 5.76. The third-order valence-electron chi connectivity index (χ3n) is 4.18. The lowest BCUT2D eigenvalue weighted by molar-refractivity contribution is -0.138. The van der Waals surface area contributed by atoms with Crippen molar-refractivity contribution >= 4 is 33.2 Å². The van der Waals surface area contributed by atoms with Crippen LogP contribution >= 0.6 is 0 Å². The van der Waals surface area contributed by atoms with Crippen molar-refractivity contribution in [3.8, 4) is 6.07 Å². The Balaban J connectivity index is 2.09. The number of morpholine rings is 1. The quantitative estimate of drug-likeness (QED) is 0.450. The summed E-state index contributed by atoms with van der Waals surface area (Å²) in [4.78, 5) is 24.3. The summed E-state index contributed by atoms with van der Waals surface area (Å²) in [6.07, 6.45) is 0. The van der Waals surface area contributed by atoms with Gasteiger partial charge in [-0.1, -0.05) is 0 Å². The number of ether oxygens (including phenoxy) is 2. The normalized spacial score (nSPS) is 19.0. The molecular weight excluding hydrogens is 374 g/mol. The Morgan fingerprint density at radius 1 is 1.37 bits per heavy atom. The smallest absolute Gasteiger partial charge is 0.349 e. The molecule has 27 heavy (non-hydrogen) atoms. The highest BCUT2D eigenvalue weighted by Gasteiger charge is 2.34. The highest BCUT2D eigenvalue weighted by atomic mass is 32.2. The minimum Gasteiger partial charge on any atom is -0.462 e. The van der Waals surface area contributed by atoms with Gasteiger partial charge in [0.2, 0.25) is 10.0 Å². The Kier molecular flexibility index (Phi) is 5.27. The van der Waals surface area contributed by atoms with Gasteiger partial charge in [-0.25, -0.2) is 13.2 Å². The van der Waals surface area contributed by atoms with Gasteiger partial charge in [0.25, 0.3) is 5.91 Å². The molecule has 1 fully saturated rings. The zero-order chi connectivity index (χ0) is 19.6. The molecule has 0 atom stereocenters. The topological polar surface area (TPSA) is 126 Å². The molecule has 2 aliphatic heterocycles. The highest BCUT2D eigenvalue weighted by molar-refractivity contribution is 7.89. The summed E-state index contributed by atoms with van der Waals surface area (Å²) in [5.41, 5.74) is -0.147. The number of sulfonamides is 1. The van der Waals surface area contributed by atoms with E-state index in [9.17, 15) is 23.3 Å². The van der Waals surface area contributed by atoms with Crippen LogP contribution in [0.5, 0.6) is 0 Å². The fourth-order valence-corrected chi connectivity index (χ4v) is 4.33. The monoisotopic (exact) mass is 391 g/mol. The molecule has 0 bridgehead atoms. The van der Waals surface area contributed by atoms with Crippen molar-refractivity contribution in [3.63, 3.8) is 0 Å². The number of nitrogens with one attached hydrogen (secondary N) is 1. The van der Waals surface area contributed by atoms with Gasteiger partial charge in [0.1, 0.15) is 6.07 Å². The van der Waals surface area contributed by atoms with Crippen molar-refractivity contribution in [3.05, 3.63) is 29.3 Å². The largest absolute Gasteiger partial charge is 0.462 e. The fraction of sp³-hybridized carbons (Fsp3) is 0.353. The number of esters is 1. The molecule has 1 aromatic rings. The number of hydrogen-bond acceptors (Lipinski definition) is 7. The predicted octanol–water partition coefficient (Wildman–Crippen LogP) is 0.500. The SMILES string of the molecule is CCOC(=O)/C(C#N)=C1/C(=O)Nc2ccc(S(=O)(=O)N3CCOCC3)cc21. The van der Waals surface area contributed by atoms with Crippen molar-refractivity contribution in [2.45, 2.75) is 11.8 Å². The number of hydrogen-bond donors (Lipinski definition) is 1. The van der Waals surface area contributed by atoms with Gasteiger partial charge in [-0.05, 0) is 25.1 Å². The molecule has 2 heterocycles. The number of carbonyl (C=O) groups is 2. The van der Waals surface area contributed by atoms with Gasteiger partial charge in [0.15, 0.2) is 5.57 Å². The molecule has 1 aromatic carbocycles. The summed E-state index contributed by atoms with van der Waals surface area (Å²) < 4.78 is 37.0. The van der Waals surface area contributed by atoms with E-state index < -0.39 is 27.5 Å². The molecule has 0 unspecified atom stereocenters. The second-order valence-corrected chi connectivity index (χ2v) is 7.70. The number of fused-ring (bicyclic) bond motifs is 1. The summed E-state index contributed by atoms with van der Waals surface area (Å²) in [6, 6.07) is 5.80. The van der Waals surface area contributed by atoms with Gasteiger partial charge in [-0.15, -0.1) is 0 Å². The van der Waals surface area contributed by atoms with Gasteiger partial charge in [0.05, 0.1) is 30.3 Å².